The predicted molar refractivity (Wildman–Crippen MR) is 70.9 cm³/mol. The molecule has 110 valence electrons. The number of nitrogens with zero attached hydrogens (tertiary/aromatic N) is 2. The van der Waals surface area contributed by atoms with Crippen molar-refractivity contribution >= 4 is 11.0 Å². The Kier molecular flexibility index (Phi) is 4.29. The van der Waals surface area contributed by atoms with Gasteiger partial charge in [0, 0.05) is 13.0 Å². The third kappa shape index (κ3) is 2.94. The van der Waals surface area contributed by atoms with Gasteiger partial charge in [0.1, 0.15) is 11.9 Å². The Morgan fingerprint density at radius 3 is 2.65 bits per heavy atom. The third-order valence-electron chi connectivity index (χ3n) is 3.16. The number of para-hydroxylation sites is 2. The molecule has 3 N–H and O–H groups in total. The number of rotatable bonds is 5. The highest BCUT2D eigenvalue weighted by atomic mass is 19.4. The van der Waals surface area contributed by atoms with Crippen molar-refractivity contribution in [1.29, 1.82) is 0 Å². The first-order valence-corrected chi connectivity index (χ1v) is 6.44. The van der Waals surface area contributed by atoms with E-state index in [1.807, 2.05) is 35.1 Å². The zero-order valence-corrected chi connectivity index (χ0v) is 11.1. The van der Waals surface area contributed by atoms with Gasteiger partial charge in [-0.05, 0) is 18.6 Å². The minimum atomic E-state index is -4.40. The Hall–Kier alpha value is -1.60. The lowest BCUT2D eigenvalue weighted by atomic mass is 10.2. The van der Waals surface area contributed by atoms with E-state index in [9.17, 15) is 13.2 Å². The number of hydrogen-bond donors (Lipinski definition) is 2. The number of imidazole rings is 1. The first kappa shape index (κ1) is 14.8. The van der Waals surface area contributed by atoms with Crippen LogP contribution in [-0.4, -0.2) is 21.8 Å². The average Bonchev–Trinajstić information content (AvgIpc) is 2.73. The smallest absolute Gasteiger partial charge is 0.328 e. The highest BCUT2D eigenvalue weighted by Crippen LogP contribution is 2.24. The number of halogens is 3. The second-order valence-corrected chi connectivity index (χ2v) is 4.63. The molecule has 4 nitrogen and oxygen atoms in total. The fourth-order valence-electron chi connectivity index (χ4n) is 2.21. The Balaban J connectivity index is 2.40. The number of aromatic nitrogens is 2. The summed E-state index contributed by atoms with van der Waals surface area (Å²) in [4.78, 5) is 4.30. The van der Waals surface area contributed by atoms with Gasteiger partial charge >= 0.3 is 6.18 Å². The van der Waals surface area contributed by atoms with E-state index in [4.69, 9.17) is 5.84 Å². The van der Waals surface area contributed by atoms with Crippen LogP contribution in [-0.2, 0) is 13.0 Å². The van der Waals surface area contributed by atoms with Gasteiger partial charge < -0.3 is 4.57 Å². The van der Waals surface area contributed by atoms with Crippen molar-refractivity contribution in [3.63, 3.8) is 0 Å². The highest BCUT2D eigenvalue weighted by Gasteiger charge is 2.39. The Bertz CT molecular complexity index is 576. The quantitative estimate of drug-likeness (QED) is 0.655. The molecule has 1 atom stereocenters. The van der Waals surface area contributed by atoms with Gasteiger partial charge in [-0.25, -0.2) is 10.4 Å². The molecule has 1 aromatic heterocycles. The van der Waals surface area contributed by atoms with Crippen LogP contribution in [0, 0.1) is 0 Å². The van der Waals surface area contributed by atoms with E-state index in [1.165, 1.54) is 0 Å². The van der Waals surface area contributed by atoms with Gasteiger partial charge in [-0.2, -0.15) is 13.2 Å². The maximum absolute atomic E-state index is 12.8. The van der Waals surface area contributed by atoms with Gasteiger partial charge in [-0.15, -0.1) is 0 Å². The molecule has 0 aliphatic heterocycles. The molecule has 0 saturated heterocycles. The molecular formula is C13H17F3N4. The summed E-state index contributed by atoms with van der Waals surface area (Å²) in [5, 5.41) is 0. The summed E-state index contributed by atoms with van der Waals surface area (Å²) in [6.07, 6.45) is -3.86. The number of nitrogens with one attached hydrogen (secondary N) is 1. The van der Waals surface area contributed by atoms with Crippen molar-refractivity contribution in [3.05, 3.63) is 30.1 Å². The number of benzene rings is 1. The molecule has 0 aliphatic carbocycles. The Labute approximate surface area is 114 Å². The fourth-order valence-corrected chi connectivity index (χ4v) is 2.21. The van der Waals surface area contributed by atoms with E-state index in [-0.39, 0.29) is 6.42 Å². The normalized spacial score (nSPS) is 13.8. The zero-order chi connectivity index (χ0) is 14.8. The number of nitrogens with two attached hydrogens (primary N) is 1. The second kappa shape index (κ2) is 5.80. The van der Waals surface area contributed by atoms with Gasteiger partial charge in [-0.1, -0.05) is 19.1 Å². The van der Waals surface area contributed by atoms with Crippen LogP contribution in [0.1, 0.15) is 19.2 Å². The maximum atomic E-state index is 12.8. The summed E-state index contributed by atoms with van der Waals surface area (Å²) >= 11 is 0. The van der Waals surface area contributed by atoms with E-state index in [0.717, 1.165) is 11.9 Å². The number of hydrazine groups is 1. The van der Waals surface area contributed by atoms with Gasteiger partial charge in [0.25, 0.3) is 0 Å². The van der Waals surface area contributed by atoms with Crippen LogP contribution in [0.25, 0.3) is 11.0 Å². The number of fused-ring (bicyclic) bond motifs is 1. The summed E-state index contributed by atoms with van der Waals surface area (Å²) in [5.41, 5.74) is 3.38. The lowest BCUT2D eigenvalue weighted by molar-refractivity contribution is -0.156. The molecule has 20 heavy (non-hydrogen) atoms. The molecule has 0 fully saturated rings. The number of alkyl halides is 3. The van der Waals surface area contributed by atoms with Gasteiger partial charge in [-0.3, -0.25) is 5.84 Å². The van der Waals surface area contributed by atoms with Crippen LogP contribution in [0.15, 0.2) is 24.3 Å². The molecule has 2 rings (SSSR count). The lowest BCUT2D eigenvalue weighted by Crippen LogP contribution is -2.47. The molecule has 0 bridgehead atoms. The molecule has 0 radical (unpaired) electrons. The molecule has 1 unspecified atom stereocenters. The van der Waals surface area contributed by atoms with Crippen molar-refractivity contribution in [2.24, 2.45) is 5.84 Å². The fraction of sp³-hybridized carbons (Fsp3) is 0.462. The van der Waals surface area contributed by atoms with Crippen molar-refractivity contribution in [2.75, 3.05) is 0 Å². The lowest BCUT2D eigenvalue weighted by Gasteiger charge is -2.19. The summed E-state index contributed by atoms with van der Waals surface area (Å²) in [6.45, 7) is 2.60. The van der Waals surface area contributed by atoms with E-state index in [1.54, 1.807) is 6.07 Å². The van der Waals surface area contributed by atoms with E-state index in [2.05, 4.69) is 4.98 Å². The van der Waals surface area contributed by atoms with Crippen molar-refractivity contribution in [2.45, 2.75) is 38.5 Å². The molecule has 0 amide bonds. The van der Waals surface area contributed by atoms with Crippen LogP contribution < -0.4 is 11.3 Å². The number of aryl methyl sites for hydroxylation is 1. The monoisotopic (exact) mass is 286 g/mol. The van der Waals surface area contributed by atoms with Crippen LogP contribution in [0.3, 0.4) is 0 Å². The molecule has 1 aromatic carbocycles. The second-order valence-electron chi connectivity index (χ2n) is 4.63. The standard InChI is InChI=1S/C13H17F3N4/c1-2-7-20-10-6-4-3-5-9(10)18-12(20)8-11(19-17)13(14,15)16/h3-6,11,19H,2,7-8,17H2,1H3. The van der Waals surface area contributed by atoms with Gasteiger partial charge in [0.05, 0.1) is 11.0 Å². The summed E-state index contributed by atoms with van der Waals surface area (Å²) < 4.78 is 40.2. The molecule has 7 heteroatoms. The number of hydrogen-bond acceptors (Lipinski definition) is 3. The van der Waals surface area contributed by atoms with E-state index < -0.39 is 12.2 Å². The van der Waals surface area contributed by atoms with E-state index in [0.29, 0.717) is 17.9 Å². The first-order valence-electron chi connectivity index (χ1n) is 6.44. The minimum Gasteiger partial charge on any atom is -0.328 e. The Morgan fingerprint density at radius 2 is 2.05 bits per heavy atom. The maximum Gasteiger partial charge on any atom is 0.405 e. The Morgan fingerprint density at radius 1 is 1.35 bits per heavy atom. The highest BCUT2D eigenvalue weighted by molar-refractivity contribution is 5.75. The van der Waals surface area contributed by atoms with Crippen LogP contribution >= 0.6 is 0 Å². The van der Waals surface area contributed by atoms with Crippen molar-refractivity contribution in [1.82, 2.24) is 15.0 Å². The minimum absolute atomic E-state index is 0.283. The van der Waals surface area contributed by atoms with Crippen LogP contribution in [0.4, 0.5) is 13.2 Å². The van der Waals surface area contributed by atoms with Crippen molar-refractivity contribution in [3.8, 4) is 0 Å². The third-order valence-corrected chi connectivity index (χ3v) is 3.16. The largest absolute Gasteiger partial charge is 0.405 e. The summed E-state index contributed by atoms with van der Waals surface area (Å²) in [7, 11) is 0. The first-order chi connectivity index (χ1) is 9.47. The zero-order valence-electron chi connectivity index (χ0n) is 11.1. The summed E-state index contributed by atoms with van der Waals surface area (Å²) in [6, 6.07) is 5.53. The molecule has 0 spiro atoms. The molecule has 0 aliphatic rings. The molecule has 1 heterocycles. The van der Waals surface area contributed by atoms with Gasteiger partial charge in [0.2, 0.25) is 0 Å². The topological polar surface area (TPSA) is 55.9 Å². The van der Waals surface area contributed by atoms with E-state index >= 15 is 0 Å². The summed E-state index contributed by atoms with van der Waals surface area (Å²) in [5.74, 6) is 5.41. The molecule has 0 saturated carbocycles. The predicted octanol–water partition coefficient (Wildman–Crippen LogP) is 2.38. The van der Waals surface area contributed by atoms with Crippen molar-refractivity contribution < 1.29 is 13.2 Å². The van der Waals surface area contributed by atoms with Crippen LogP contribution in [0.5, 0.6) is 0 Å². The average molecular weight is 286 g/mol. The molecule has 2 aromatic rings. The van der Waals surface area contributed by atoms with Crippen LogP contribution in [0.2, 0.25) is 0 Å². The SMILES string of the molecule is CCCn1c(CC(NN)C(F)(F)F)nc2ccccc21. The molecular weight excluding hydrogens is 269 g/mol. The van der Waals surface area contributed by atoms with Gasteiger partial charge in [0.15, 0.2) is 0 Å².